The highest BCUT2D eigenvalue weighted by atomic mass is 19.1. The molecule has 0 heterocycles. The normalized spacial score (nSPS) is 20.1. The van der Waals surface area contributed by atoms with Crippen molar-refractivity contribution in [2.45, 2.75) is 18.4 Å². The number of hydrogen-bond donors (Lipinski definition) is 2. The van der Waals surface area contributed by atoms with Crippen LogP contribution in [0, 0.1) is 11.6 Å². The largest absolute Gasteiger partial charge is 0.479 e. The second-order valence-electron chi connectivity index (χ2n) is 5.11. The summed E-state index contributed by atoms with van der Waals surface area (Å²) in [5.41, 5.74) is -0.0420. The Kier molecular flexibility index (Phi) is 3.12. The van der Waals surface area contributed by atoms with E-state index in [0.717, 1.165) is 0 Å². The number of carbonyl (C=O) groups is 1. The minimum atomic E-state index is -1.38. The lowest BCUT2D eigenvalue weighted by Crippen LogP contribution is -2.41. The molecule has 2 aromatic rings. The van der Waals surface area contributed by atoms with E-state index in [1.54, 1.807) is 6.07 Å². The molecular weight excluding hydrogens is 276 g/mol. The number of carboxylic acid groups (broad SMARTS) is 1. The van der Waals surface area contributed by atoms with Crippen molar-refractivity contribution < 1.29 is 18.7 Å². The standard InChI is InChI=1S/C16H13F2NO2/c17-10-4-6-11(7-5-10)19-16(15(20)21)9-8-12-13(16)2-1-3-14(12)18/h1-7,19H,8-9H2,(H,20,21). The van der Waals surface area contributed by atoms with Crippen molar-refractivity contribution in [3.05, 3.63) is 65.2 Å². The van der Waals surface area contributed by atoms with Gasteiger partial charge in [0.1, 0.15) is 11.6 Å². The van der Waals surface area contributed by atoms with Crippen LogP contribution >= 0.6 is 0 Å². The average molecular weight is 289 g/mol. The van der Waals surface area contributed by atoms with Crippen molar-refractivity contribution in [3.63, 3.8) is 0 Å². The zero-order valence-corrected chi connectivity index (χ0v) is 11.1. The SMILES string of the molecule is O=C(O)C1(Nc2ccc(F)cc2)CCc2c(F)cccc21. The summed E-state index contributed by atoms with van der Waals surface area (Å²) in [7, 11) is 0. The summed E-state index contributed by atoms with van der Waals surface area (Å²) in [6.45, 7) is 0. The Morgan fingerprint density at radius 3 is 2.52 bits per heavy atom. The van der Waals surface area contributed by atoms with E-state index in [1.807, 2.05) is 0 Å². The number of fused-ring (bicyclic) bond motifs is 1. The highest BCUT2D eigenvalue weighted by molar-refractivity contribution is 5.86. The summed E-state index contributed by atoms with van der Waals surface area (Å²) in [6, 6.07) is 9.89. The van der Waals surface area contributed by atoms with E-state index in [1.165, 1.54) is 36.4 Å². The van der Waals surface area contributed by atoms with Crippen molar-refractivity contribution in [2.24, 2.45) is 0 Å². The molecule has 1 unspecified atom stereocenters. The molecule has 108 valence electrons. The molecule has 2 aromatic carbocycles. The second kappa shape index (κ2) is 4.84. The first-order valence-corrected chi connectivity index (χ1v) is 6.58. The maximum absolute atomic E-state index is 13.8. The van der Waals surface area contributed by atoms with Gasteiger partial charge in [-0.3, -0.25) is 0 Å². The Balaban J connectivity index is 2.06. The minimum Gasteiger partial charge on any atom is -0.479 e. The van der Waals surface area contributed by atoms with E-state index in [0.29, 0.717) is 23.2 Å². The molecule has 3 nitrogen and oxygen atoms in total. The molecule has 0 fully saturated rings. The van der Waals surface area contributed by atoms with E-state index >= 15 is 0 Å². The molecule has 0 radical (unpaired) electrons. The van der Waals surface area contributed by atoms with Crippen molar-refractivity contribution in [1.29, 1.82) is 0 Å². The maximum atomic E-state index is 13.8. The monoisotopic (exact) mass is 289 g/mol. The molecule has 2 N–H and O–H groups in total. The number of nitrogens with one attached hydrogen (secondary N) is 1. The first-order valence-electron chi connectivity index (χ1n) is 6.58. The third-order valence-electron chi connectivity index (χ3n) is 3.90. The smallest absolute Gasteiger partial charge is 0.334 e. The van der Waals surface area contributed by atoms with Crippen LogP contribution in [-0.4, -0.2) is 11.1 Å². The van der Waals surface area contributed by atoms with Gasteiger partial charge in [0.15, 0.2) is 5.54 Å². The van der Waals surface area contributed by atoms with Crippen molar-refractivity contribution in [2.75, 3.05) is 5.32 Å². The Morgan fingerprint density at radius 1 is 1.14 bits per heavy atom. The summed E-state index contributed by atoms with van der Waals surface area (Å²) >= 11 is 0. The van der Waals surface area contributed by atoms with Gasteiger partial charge in [-0.15, -0.1) is 0 Å². The van der Waals surface area contributed by atoms with Gasteiger partial charge in [0.05, 0.1) is 0 Å². The average Bonchev–Trinajstić information content (AvgIpc) is 2.83. The number of halogens is 2. The van der Waals surface area contributed by atoms with Crippen LogP contribution in [0.4, 0.5) is 14.5 Å². The van der Waals surface area contributed by atoms with E-state index < -0.39 is 23.1 Å². The molecule has 0 saturated carbocycles. The Bertz CT molecular complexity index is 700. The number of rotatable bonds is 3. The Labute approximate surface area is 120 Å². The molecule has 0 saturated heterocycles. The second-order valence-corrected chi connectivity index (χ2v) is 5.11. The van der Waals surface area contributed by atoms with Gasteiger partial charge in [0, 0.05) is 5.69 Å². The third kappa shape index (κ3) is 2.14. The summed E-state index contributed by atoms with van der Waals surface area (Å²) < 4.78 is 26.8. The van der Waals surface area contributed by atoms with Gasteiger partial charge in [0.25, 0.3) is 0 Å². The van der Waals surface area contributed by atoms with Crippen LogP contribution in [0.1, 0.15) is 17.5 Å². The number of hydrogen-bond acceptors (Lipinski definition) is 2. The van der Waals surface area contributed by atoms with Crippen LogP contribution in [0.5, 0.6) is 0 Å². The van der Waals surface area contributed by atoms with Gasteiger partial charge in [0.2, 0.25) is 0 Å². The van der Waals surface area contributed by atoms with E-state index in [4.69, 9.17) is 0 Å². The summed E-state index contributed by atoms with van der Waals surface area (Å²) in [5, 5.41) is 12.6. The zero-order chi connectivity index (χ0) is 15.0. The fourth-order valence-electron chi connectivity index (χ4n) is 2.84. The first-order chi connectivity index (χ1) is 10.0. The summed E-state index contributed by atoms with van der Waals surface area (Å²) in [6.07, 6.45) is 0.596. The first kappa shape index (κ1) is 13.5. The van der Waals surface area contributed by atoms with E-state index in [-0.39, 0.29) is 6.42 Å². The Morgan fingerprint density at radius 2 is 1.86 bits per heavy atom. The third-order valence-corrected chi connectivity index (χ3v) is 3.90. The zero-order valence-electron chi connectivity index (χ0n) is 11.1. The molecule has 1 aliphatic carbocycles. The van der Waals surface area contributed by atoms with E-state index in [2.05, 4.69) is 5.32 Å². The minimum absolute atomic E-state index is 0.246. The maximum Gasteiger partial charge on any atom is 0.334 e. The van der Waals surface area contributed by atoms with Gasteiger partial charge in [-0.2, -0.15) is 0 Å². The summed E-state index contributed by atoms with van der Waals surface area (Å²) in [4.78, 5) is 11.8. The predicted molar refractivity (Wildman–Crippen MR) is 74.1 cm³/mol. The van der Waals surface area contributed by atoms with Gasteiger partial charge in [-0.25, -0.2) is 13.6 Å². The topological polar surface area (TPSA) is 49.3 Å². The summed E-state index contributed by atoms with van der Waals surface area (Å²) in [5.74, 6) is -1.87. The molecule has 5 heteroatoms. The molecular formula is C16H13F2NO2. The van der Waals surface area contributed by atoms with Crippen LogP contribution in [-0.2, 0) is 16.8 Å². The molecule has 1 atom stereocenters. The van der Waals surface area contributed by atoms with Crippen LogP contribution in [0.3, 0.4) is 0 Å². The van der Waals surface area contributed by atoms with Gasteiger partial charge < -0.3 is 10.4 Å². The lowest BCUT2D eigenvalue weighted by atomic mass is 9.91. The lowest BCUT2D eigenvalue weighted by Gasteiger charge is -2.28. The van der Waals surface area contributed by atoms with E-state index in [9.17, 15) is 18.7 Å². The highest BCUT2D eigenvalue weighted by Gasteiger charge is 2.46. The molecule has 0 spiro atoms. The fraction of sp³-hybridized carbons (Fsp3) is 0.188. The fourth-order valence-corrected chi connectivity index (χ4v) is 2.84. The Hall–Kier alpha value is -2.43. The van der Waals surface area contributed by atoms with Crippen molar-refractivity contribution >= 4 is 11.7 Å². The number of anilines is 1. The highest BCUT2D eigenvalue weighted by Crippen LogP contribution is 2.41. The molecule has 0 amide bonds. The van der Waals surface area contributed by atoms with Crippen molar-refractivity contribution in [3.8, 4) is 0 Å². The molecule has 0 bridgehead atoms. The number of aliphatic carboxylic acids is 1. The quantitative estimate of drug-likeness (QED) is 0.911. The van der Waals surface area contributed by atoms with Gasteiger partial charge in [-0.1, -0.05) is 12.1 Å². The molecule has 3 rings (SSSR count). The molecule has 0 aliphatic heterocycles. The van der Waals surface area contributed by atoms with Crippen molar-refractivity contribution in [1.82, 2.24) is 0 Å². The van der Waals surface area contributed by atoms with Gasteiger partial charge in [-0.05, 0) is 54.3 Å². The molecule has 21 heavy (non-hydrogen) atoms. The van der Waals surface area contributed by atoms with Crippen LogP contribution in [0.2, 0.25) is 0 Å². The number of carboxylic acids is 1. The van der Waals surface area contributed by atoms with Crippen LogP contribution in [0.15, 0.2) is 42.5 Å². The molecule has 1 aliphatic rings. The number of benzene rings is 2. The predicted octanol–water partition coefficient (Wildman–Crippen LogP) is 3.30. The molecule has 0 aromatic heterocycles. The van der Waals surface area contributed by atoms with Gasteiger partial charge >= 0.3 is 5.97 Å². The van der Waals surface area contributed by atoms with Crippen LogP contribution < -0.4 is 5.32 Å². The lowest BCUT2D eigenvalue weighted by molar-refractivity contribution is -0.142. The van der Waals surface area contributed by atoms with Crippen LogP contribution in [0.25, 0.3) is 0 Å².